The zero-order valence-electron chi connectivity index (χ0n) is 9.93. The number of nitrogens with zero attached hydrogens (tertiary/aromatic N) is 1. The lowest BCUT2D eigenvalue weighted by atomic mass is 10.1. The van der Waals surface area contributed by atoms with Crippen molar-refractivity contribution in [1.82, 2.24) is 10.2 Å². The average Bonchev–Trinajstić information content (AvgIpc) is 2.10. The second-order valence-corrected chi connectivity index (χ2v) is 4.32. The third-order valence-electron chi connectivity index (χ3n) is 2.50. The standard InChI is InChI=1S/C11H26N2/c1-6-12-9-11(4)13(5)8-7-10(2)3/h10-12H,6-9H2,1-5H3. The van der Waals surface area contributed by atoms with Crippen molar-refractivity contribution in [2.75, 3.05) is 26.7 Å². The number of nitrogens with one attached hydrogen (secondary N) is 1. The largest absolute Gasteiger partial charge is 0.315 e. The van der Waals surface area contributed by atoms with Crippen molar-refractivity contribution in [2.24, 2.45) is 5.92 Å². The highest BCUT2D eigenvalue weighted by atomic mass is 15.1. The molecule has 0 bridgehead atoms. The fourth-order valence-electron chi connectivity index (χ4n) is 1.19. The summed E-state index contributed by atoms with van der Waals surface area (Å²) in [5.74, 6) is 0.814. The Labute approximate surface area is 83.7 Å². The second-order valence-electron chi connectivity index (χ2n) is 4.32. The maximum atomic E-state index is 3.37. The van der Waals surface area contributed by atoms with Gasteiger partial charge >= 0.3 is 0 Å². The van der Waals surface area contributed by atoms with Crippen LogP contribution in [0.15, 0.2) is 0 Å². The van der Waals surface area contributed by atoms with Gasteiger partial charge in [0.25, 0.3) is 0 Å². The summed E-state index contributed by atoms with van der Waals surface area (Å²) in [7, 11) is 2.21. The average molecular weight is 186 g/mol. The van der Waals surface area contributed by atoms with Crippen LogP contribution in [0, 0.1) is 5.92 Å². The predicted octanol–water partition coefficient (Wildman–Crippen LogP) is 1.96. The molecule has 0 rings (SSSR count). The first-order valence-corrected chi connectivity index (χ1v) is 5.48. The lowest BCUT2D eigenvalue weighted by Gasteiger charge is -2.25. The molecular weight excluding hydrogens is 160 g/mol. The van der Waals surface area contributed by atoms with Crippen LogP contribution >= 0.6 is 0 Å². The molecule has 0 aromatic heterocycles. The van der Waals surface area contributed by atoms with Crippen LogP contribution < -0.4 is 5.32 Å². The van der Waals surface area contributed by atoms with Gasteiger partial charge in [-0.25, -0.2) is 0 Å². The van der Waals surface area contributed by atoms with Gasteiger partial charge in [0.15, 0.2) is 0 Å². The molecular formula is C11H26N2. The molecule has 0 aliphatic carbocycles. The van der Waals surface area contributed by atoms with Gasteiger partial charge in [-0.2, -0.15) is 0 Å². The van der Waals surface area contributed by atoms with Crippen molar-refractivity contribution in [3.63, 3.8) is 0 Å². The number of rotatable bonds is 7. The third kappa shape index (κ3) is 7.03. The van der Waals surface area contributed by atoms with Crippen molar-refractivity contribution < 1.29 is 0 Å². The van der Waals surface area contributed by atoms with Crippen LogP contribution in [0.1, 0.15) is 34.1 Å². The van der Waals surface area contributed by atoms with Gasteiger partial charge in [-0.1, -0.05) is 20.8 Å². The molecule has 13 heavy (non-hydrogen) atoms. The molecule has 2 nitrogen and oxygen atoms in total. The first-order valence-electron chi connectivity index (χ1n) is 5.48. The highest BCUT2D eigenvalue weighted by Crippen LogP contribution is 2.03. The zero-order valence-corrected chi connectivity index (χ0v) is 9.93. The number of likely N-dealkylation sites (N-methyl/N-ethyl adjacent to an activating group) is 2. The van der Waals surface area contributed by atoms with Crippen molar-refractivity contribution in [3.8, 4) is 0 Å². The minimum atomic E-state index is 0.652. The van der Waals surface area contributed by atoms with E-state index in [0.29, 0.717) is 6.04 Å². The minimum absolute atomic E-state index is 0.652. The summed E-state index contributed by atoms with van der Waals surface area (Å²) in [6, 6.07) is 0.652. The van der Waals surface area contributed by atoms with E-state index >= 15 is 0 Å². The molecule has 1 atom stereocenters. The van der Waals surface area contributed by atoms with Gasteiger partial charge in [0, 0.05) is 12.6 Å². The Bertz CT molecular complexity index is 113. The quantitative estimate of drug-likeness (QED) is 0.654. The van der Waals surface area contributed by atoms with E-state index in [4.69, 9.17) is 0 Å². The Morgan fingerprint density at radius 1 is 1.23 bits per heavy atom. The zero-order chi connectivity index (χ0) is 10.3. The maximum absolute atomic E-state index is 3.37. The Hall–Kier alpha value is -0.0800. The highest BCUT2D eigenvalue weighted by Gasteiger charge is 2.08. The Kier molecular flexibility index (Phi) is 7.29. The van der Waals surface area contributed by atoms with Gasteiger partial charge in [0.2, 0.25) is 0 Å². The molecule has 0 amide bonds. The minimum Gasteiger partial charge on any atom is -0.315 e. The molecule has 0 spiro atoms. The van der Waals surface area contributed by atoms with Crippen LogP contribution in [0.25, 0.3) is 0 Å². The van der Waals surface area contributed by atoms with E-state index in [1.54, 1.807) is 0 Å². The van der Waals surface area contributed by atoms with Gasteiger partial charge < -0.3 is 10.2 Å². The summed E-state index contributed by atoms with van der Waals surface area (Å²) in [6.07, 6.45) is 1.30. The molecule has 0 aromatic carbocycles. The fraction of sp³-hybridized carbons (Fsp3) is 1.00. The van der Waals surface area contributed by atoms with E-state index in [1.807, 2.05) is 0 Å². The summed E-state index contributed by atoms with van der Waals surface area (Å²) in [5.41, 5.74) is 0. The van der Waals surface area contributed by atoms with Crippen LogP contribution in [-0.2, 0) is 0 Å². The number of hydrogen-bond donors (Lipinski definition) is 1. The molecule has 0 aromatic rings. The molecule has 1 unspecified atom stereocenters. The van der Waals surface area contributed by atoms with Gasteiger partial charge in [-0.15, -0.1) is 0 Å². The normalized spacial score (nSPS) is 14.1. The molecule has 0 saturated heterocycles. The maximum Gasteiger partial charge on any atom is 0.0189 e. The van der Waals surface area contributed by atoms with Crippen LogP contribution in [0.4, 0.5) is 0 Å². The fourth-order valence-corrected chi connectivity index (χ4v) is 1.19. The summed E-state index contributed by atoms with van der Waals surface area (Å²) >= 11 is 0. The topological polar surface area (TPSA) is 15.3 Å². The smallest absolute Gasteiger partial charge is 0.0189 e. The Morgan fingerprint density at radius 2 is 1.85 bits per heavy atom. The van der Waals surface area contributed by atoms with Gasteiger partial charge in [-0.3, -0.25) is 0 Å². The number of hydrogen-bond acceptors (Lipinski definition) is 2. The van der Waals surface area contributed by atoms with Crippen LogP contribution in [-0.4, -0.2) is 37.6 Å². The van der Waals surface area contributed by atoms with E-state index in [9.17, 15) is 0 Å². The molecule has 0 aliphatic heterocycles. The van der Waals surface area contributed by atoms with Crippen LogP contribution in [0.3, 0.4) is 0 Å². The third-order valence-corrected chi connectivity index (χ3v) is 2.50. The summed E-state index contributed by atoms with van der Waals surface area (Å²) in [4.78, 5) is 2.43. The molecule has 0 aliphatic rings. The lowest BCUT2D eigenvalue weighted by molar-refractivity contribution is 0.238. The Balaban J connectivity index is 3.50. The molecule has 0 radical (unpaired) electrons. The van der Waals surface area contributed by atoms with Crippen LogP contribution in [0.2, 0.25) is 0 Å². The molecule has 2 heteroatoms. The van der Waals surface area contributed by atoms with E-state index in [-0.39, 0.29) is 0 Å². The monoisotopic (exact) mass is 186 g/mol. The first-order chi connectivity index (χ1) is 6.07. The first kappa shape index (κ1) is 12.9. The molecule has 0 saturated carbocycles. The summed E-state index contributed by atoms with van der Waals surface area (Å²) in [6.45, 7) is 12.4. The SMILES string of the molecule is CCNCC(C)N(C)CCC(C)C. The molecule has 1 N–H and O–H groups in total. The lowest BCUT2D eigenvalue weighted by Crippen LogP contribution is -2.38. The molecule has 0 heterocycles. The van der Waals surface area contributed by atoms with Crippen molar-refractivity contribution in [3.05, 3.63) is 0 Å². The predicted molar refractivity (Wildman–Crippen MR) is 60.1 cm³/mol. The van der Waals surface area contributed by atoms with Crippen molar-refractivity contribution in [1.29, 1.82) is 0 Å². The highest BCUT2D eigenvalue weighted by molar-refractivity contribution is 4.66. The Morgan fingerprint density at radius 3 is 2.31 bits per heavy atom. The van der Waals surface area contributed by atoms with E-state index < -0.39 is 0 Å². The summed E-state index contributed by atoms with van der Waals surface area (Å²) < 4.78 is 0. The molecule has 80 valence electrons. The molecule has 0 fully saturated rings. The van der Waals surface area contributed by atoms with Gasteiger partial charge in [0.05, 0.1) is 0 Å². The van der Waals surface area contributed by atoms with Crippen molar-refractivity contribution in [2.45, 2.75) is 40.2 Å². The summed E-state index contributed by atoms with van der Waals surface area (Å²) in [5, 5.41) is 3.37. The van der Waals surface area contributed by atoms with E-state index in [2.05, 4.69) is 45.0 Å². The van der Waals surface area contributed by atoms with E-state index in [1.165, 1.54) is 13.0 Å². The second kappa shape index (κ2) is 7.34. The van der Waals surface area contributed by atoms with Gasteiger partial charge in [0.1, 0.15) is 0 Å². The van der Waals surface area contributed by atoms with Crippen LogP contribution in [0.5, 0.6) is 0 Å². The van der Waals surface area contributed by atoms with E-state index in [0.717, 1.165) is 19.0 Å². The van der Waals surface area contributed by atoms with Crippen molar-refractivity contribution >= 4 is 0 Å². The van der Waals surface area contributed by atoms with Gasteiger partial charge in [-0.05, 0) is 39.4 Å².